The maximum absolute atomic E-state index is 11.9. The van der Waals surface area contributed by atoms with Gasteiger partial charge < -0.3 is 20.3 Å². The molecule has 1 unspecified atom stereocenters. The molecule has 2 rings (SSSR count). The van der Waals surface area contributed by atoms with Crippen LogP contribution in [0.25, 0.3) is 0 Å². The maximum atomic E-state index is 11.9. The number of guanidine groups is 1. The van der Waals surface area contributed by atoms with Gasteiger partial charge in [-0.2, -0.15) is 0 Å². The normalized spacial score (nSPS) is 12.2. The Kier molecular flexibility index (Phi) is 12.3. The predicted octanol–water partition coefficient (Wildman–Crippen LogP) is 3.23. The van der Waals surface area contributed by atoms with Crippen LogP contribution < -0.4 is 16.2 Å². The molecule has 0 radical (unpaired) electrons. The number of unbranched alkanes of at least 4 members (excludes halogenated alkanes) is 1. The van der Waals surface area contributed by atoms with Crippen LogP contribution in [0.3, 0.4) is 0 Å². The Morgan fingerprint density at radius 3 is 2.55 bits per heavy atom. The van der Waals surface area contributed by atoms with Crippen molar-refractivity contribution in [3.8, 4) is 0 Å². The fraction of sp³-hybridized carbons (Fsp3) is 0.455. The number of rotatable bonds is 10. The van der Waals surface area contributed by atoms with Crippen molar-refractivity contribution in [1.29, 1.82) is 0 Å². The molecule has 0 spiro atoms. The van der Waals surface area contributed by atoms with Crippen molar-refractivity contribution in [2.45, 2.75) is 45.8 Å². The van der Waals surface area contributed by atoms with Crippen LogP contribution in [0, 0.1) is 6.92 Å². The van der Waals surface area contributed by atoms with Crippen molar-refractivity contribution in [2.75, 3.05) is 19.6 Å². The zero-order chi connectivity index (χ0) is 20.2. The first kappa shape index (κ1) is 25.2. The lowest BCUT2D eigenvalue weighted by molar-refractivity contribution is 0.168. The number of hydrogen-bond acceptors (Lipinski definition) is 3. The summed E-state index contributed by atoms with van der Waals surface area (Å²) >= 11 is 0. The highest BCUT2D eigenvalue weighted by molar-refractivity contribution is 14.0. The largest absolute Gasteiger partial charge is 0.388 e. The van der Waals surface area contributed by atoms with E-state index in [0.717, 1.165) is 36.6 Å². The number of aromatic nitrogens is 1. The standard InChI is InChI=1S/C22H32N4O2.HI/c1-3-23-22(25-16-14-20(27)19-11-5-4-6-12-19)24-15-7-8-17-26-18(2)10-9-13-21(26)28;/h4-6,9-13,20,27H,3,7-8,14-17H2,1-2H3,(H2,23,24,25);1H. The Morgan fingerprint density at radius 2 is 1.86 bits per heavy atom. The second-order valence-corrected chi connectivity index (χ2v) is 6.77. The quantitative estimate of drug-likeness (QED) is 0.198. The molecule has 6 nitrogen and oxygen atoms in total. The SMILES string of the molecule is CCNC(=NCCCCn1c(C)cccc1=O)NCCC(O)c1ccccc1.I. The fourth-order valence-electron chi connectivity index (χ4n) is 2.99. The van der Waals surface area contributed by atoms with Crippen LogP contribution in [0.2, 0.25) is 0 Å². The number of aryl methyl sites for hydroxylation is 1. The highest BCUT2D eigenvalue weighted by Gasteiger charge is 2.07. The maximum Gasteiger partial charge on any atom is 0.250 e. The van der Waals surface area contributed by atoms with E-state index in [1.54, 1.807) is 16.7 Å². The molecule has 0 bridgehead atoms. The first-order chi connectivity index (χ1) is 13.6. The number of aliphatic imine (C=N–C) groups is 1. The summed E-state index contributed by atoms with van der Waals surface area (Å²) in [4.78, 5) is 16.5. The zero-order valence-electron chi connectivity index (χ0n) is 17.3. The summed E-state index contributed by atoms with van der Waals surface area (Å²) < 4.78 is 1.80. The average Bonchev–Trinajstić information content (AvgIpc) is 2.70. The van der Waals surface area contributed by atoms with Gasteiger partial charge in [0.05, 0.1) is 6.10 Å². The number of halogens is 1. The van der Waals surface area contributed by atoms with Crippen LogP contribution in [-0.2, 0) is 6.54 Å². The molecule has 1 atom stereocenters. The van der Waals surface area contributed by atoms with Gasteiger partial charge in [0.25, 0.3) is 5.56 Å². The van der Waals surface area contributed by atoms with E-state index < -0.39 is 6.10 Å². The molecule has 1 aromatic carbocycles. The Balaban J connectivity index is 0.00000420. The predicted molar refractivity (Wildman–Crippen MR) is 130 cm³/mol. The molecule has 7 heteroatoms. The summed E-state index contributed by atoms with van der Waals surface area (Å²) in [5.74, 6) is 0.760. The molecule has 29 heavy (non-hydrogen) atoms. The first-order valence-electron chi connectivity index (χ1n) is 10.0. The fourth-order valence-corrected chi connectivity index (χ4v) is 2.99. The van der Waals surface area contributed by atoms with Gasteiger partial charge in [-0.05, 0) is 44.7 Å². The molecule has 0 fully saturated rings. The van der Waals surface area contributed by atoms with Gasteiger partial charge in [0, 0.05) is 37.9 Å². The Labute approximate surface area is 190 Å². The number of aliphatic hydroxyl groups is 1. The van der Waals surface area contributed by atoms with Crippen molar-refractivity contribution >= 4 is 29.9 Å². The molecule has 0 saturated heterocycles. The van der Waals surface area contributed by atoms with E-state index in [0.29, 0.717) is 26.1 Å². The van der Waals surface area contributed by atoms with E-state index in [9.17, 15) is 9.90 Å². The molecular formula is C22H33IN4O2. The Hall–Kier alpha value is -1.87. The lowest BCUT2D eigenvalue weighted by atomic mass is 10.1. The van der Waals surface area contributed by atoms with Gasteiger partial charge in [0.1, 0.15) is 0 Å². The summed E-state index contributed by atoms with van der Waals surface area (Å²) in [6.07, 6.45) is 1.94. The summed E-state index contributed by atoms with van der Waals surface area (Å²) in [5, 5.41) is 16.7. The lowest BCUT2D eigenvalue weighted by Crippen LogP contribution is -2.38. The summed E-state index contributed by atoms with van der Waals surface area (Å²) in [5.41, 5.74) is 1.97. The van der Waals surface area contributed by atoms with Gasteiger partial charge in [-0.25, -0.2) is 0 Å². The number of hydrogen-bond donors (Lipinski definition) is 3. The number of pyridine rings is 1. The third kappa shape index (κ3) is 8.99. The first-order valence-corrected chi connectivity index (χ1v) is 10.0. The second kappa shape index (κ2) is 14.2. The Morgan fingerprint density at radius 1 is 1.10 bits per heavy atom. The minimum Gasteiger partial charge on any atom is -0.388 e. The van der Waals surface area contributed by atoms with E-state index in [2.05, 4.69) is 15.6 Å². The van der Waals surface area contributed by atoms with Gasteiger partial charge in [-0.15, -0.1) is 24.0 Å². The monoisotopic (exact) mass is 512 g/mol. The summed E-state index contributed by atoms with van der Waals surface area (Å²) in [7, 11) is 0. The van der Waals surface area contributed by atoms with Gasteiger partial charge in [-0.3, -0.25) is 9.79 Å². The number of nitrogens with one attached hydrogen (secondary N) is 2. The third-order valence-electron chi connectivity index (χ3n) is 4.57. The Bertz CT molecular complexity index is 793. The van der Waals surface area contributed by atoms with Crippen LogP contribution >= 0.6 is 24.0 Å². The van der Waals surface area contributed by atoms with Crippen LogP contribution in [0.15, 0.2) is 58.3 Å². The van der Waals surface area contributed by atoms with Crippen LogP contribution in [0.1, 0.15) is 43.5 Å². The summed E-state index contributed by atoms with van der Waals surface area (Å²) in [6.45, 7) is 6.81. The van der Waals surface area contributed by atoms with Gasteiger partial charge in [0.2, 0.25) is 0 Å². The minimum absolute atomic E-state index is 0. The van der Waals surface area contributed by atoms with Crippen molar-refractivity contribution in [2.24, 2.45) is 4.99 Å². The molecule has 1 aromatic heterocycles. The van der Waals surface area contributed by atoms with E-state index in [1.807, 2.05) is 50.2 Å². The molecule has 0 aliphatic rings. The van der Waals surface area contributed by atoms with E-state index in [-0.39, 0.29) is 29.5 Å². The van der Waals surface area contributed by atoms with E-state index in [4.69, 9.17) is 0 Å². The second-order valence-electron chi connectivity index (χ2n) is 6.77. The van der Waals surface area contributed by atoms with Crippen molar-refractivity contribution in [3.05, 3.63) is 70.1 Å². The van der Waals surface area contributed by atoms with E-state index in [1.165, 1.54) is 0 Å². The molecule has 0 aliphatic carbocycles. The number of benzene rings is 1. The molecular weight excluding hydrogens is 479 g/mol. The van der Waals surface area contributed by atoms with Gasteiger partial charge in [0.15, 0.2) is 5.96 Å². The zero-order valence-corrected chi connectivity index (χ0v) is 19.6. The van der Waals surface area contributed by atoms with Crippen LogP contribution in [0.5, 0.6) is 0 Å². The highest BCUT2D eigenvalue weighted by atomic mass is 127. The molecule has 160 valence electrons. The van der Waals surface area contributed by atoms with Crippen LogP contribution in [0.4, 0.5) is 0 Å². The molecule has 1 heterocycles. The van der Waals surface area contributed by atoms with Gasteiger partial charge in [-0.1, -0.05) is 36.4 Å². The molecule has 2 aromatic rings. The van der Waals surface area contributed by atoms with Crippen molar-refractivity contribution in [3.63, 3.8) is 0 Å². The van der Waals surface area contributed by atoms with Gasteiger partial charge >= 0.3 is 0 Å². The average molecular weight is 512 g/mol. The van der Waals surface area contributed by atoms with Crippen LogP contribution in [-0.4, -0.2) is 35.3 Å². The molecule has 0 amide bonds. The number of aliphatic hydroxyl groups excluding tert-OH is 1. The van der Waals surface area contributed by atoms with E-state index >= 15 is 0 Å². The topological polar surface area (TPSA) is 78.7 Å². The molecule has 0 saturated carbocycles. The van der Waals surface area contributed by atoms with Crippen molar-refractivity contribution < 1.29 is 5.11 Å². The smallest absolute Gasteiger partial charge is 0.250 e. The highest BCUT2D eigenvalue weighted by Crippen LogP contribution is 2.14. The summed E-state index contributed by atoms with van der Waals surface area (Å²) in [6, 6.07) is 15.0. The third-order valence-corrected chi connectivity index (χ3v) is 4.57. The van der Waals surface area contributed by atoms with Crippen molar-refractivity contribution in [1.82, 2.24) is 15.2 Å². The minimum atomic E-state index is -0.482. The lowest BCUT2D eigenvalue weighted by Gasteiger charge is -2.14. The molecule has 3 N–H and O–H groups in total. The molecule has 0 aliphatic heterocycles. The number of nitrogens with zero attached hydrogens (tertiary/aromatic N) is 2.